The first-order valence-corrected chi connectivity index (χ1v) is 6.02. The number of nitrogens with one attached hydrogen (secondary N) is 1. The summed E-state index contributed by atoms with van der Waals surface area (Å²) >= 11 is 11.8. The number of amides is 1. The van der Waals surface area contributed by atoms with Crippen LogP contribution < -0.4 is 5.32 Å². The molecule has 1 amide bonds. The van der Waals surface area contributed by atoms with Crippen molar-refractivity contribution in [3.05, 3.63) is 52.0 Å². The van der Waals surface area contributed by atoms with Crippen molar-refractivity contribution in [1.82, 2.24) is 0 Å². The molecule has 0 bridgehead atoms. The minimum Gasteiger partial charge on any atom is -0.508 e. The topological polar surface area (TPSA) is 69.6 Å². The van der Waals surface area contributed by atoms with Crippen LogP contribution in [0.5, 0.6) is 11.5 Å². The number of hydrogen-bond donors (Lipinski definition) is 3. The number of phenols is 2. The highest BCUT2D eigenvalue weighted by molar-refractivity contribution is 6.40. The van der Waals surface area contributed by atoms with Crippen molar-refractivity contribution in [2.45, 2.75) is 0 Å². The summed E-state index contributed by atoms with van der Waals surface area (Å²) in [6, 6.07) is 8.44. The van der Waals surface area contributed by atoms with Gasteiger partial charge in [-0.15, -0.1) is 0 Å². The Labute approximate surface area is 119 Å². The van der Waals surface area contributed by atoms with Gasteiger partial charge in [0.15, 0.2) is 0 Å². The monoisotopic (exact) mass is 297 g/mol. The lowest BCUT2D eigenvalue weighted by Crippen LogP contribution is -2.12. The molecule has 2 aromatic rings. The maximum atomic E-state index is 12.0. The number of para-hydroxylation sites is 1. The molecule has 2 aromatic carbocycles. The zero-order valence-electron chi connectivity index (χ0n) is 9.52. The Morgan fingerprint density at radius 3 is 2.32 bits per heavy atom. The molecule has 6 heteroatoms. The fourth-order valence-electron chi connectivity index (χ4n) is 1.50. The molecule has 0 aromatic heterocycles. The van der Waals surface area contributed by atoms with Crippen molar-refractivity contribution in [3.63, 3.8) is 0 Å². The van der Waals surface area contributed by atoms with E-state index in [4.69, 9.17) is 23.2 Å². The average molecular weight is 298 g/mol. The Bertz CT molecular complexity index is 624. The predicted octanol–water partition coefficient (Wildman–Crippen LogP) is 3.66. The van der Waals surface area contributed by atoms with Crippen molar-refractivity contribution in [3.8, 4) is 11.5 Å². The van der Waals surface area contributed by atoms with Crippen molar-refractivity contribution in [2.24, 2.45) is 0 Å². The standard InChI is InChI=1S/C13H9Cl2NO3/c14-9-2-1-3-10(15)12(9)16-13(19)8-6-7(17)4-5-11(8)18/h1-6,17-18H,(H,16,19). The Kier molecular flexibility index (Phi) is 3.83. The number of halogens is 2. The van der Waals surface area contributed by atoms with Gasteiger partial charge in [-0.1, -0.05) is 29.3 Å². The van der Waals surface area contributed by atoms with E-state index in [9.17, 15) is 15.0 Å². The van der Waals surface area contributed by atoms with E-state index in [1.807, 2.05) is 0 Å². The number of hydrogen-bond acceptors (Lipinski definition) is 3. The molecular weight excluding hydrogens is 289 g/mol. The molecule has 19 heavy (non-hydrogen) atoms. The first-order valence-electron chi connectivity index (χ1n) is 5.26. The van der Waals surface area contributed by atoms with E-state index in [0.29, 0.717) is 0 Å². The van der Waals surface area contributed by atoms with Gasteiger partial charge in [-0.05, 0) is 30.3 Å². The molecule has 0 saturated carbocycles. The largest absolute Gasteiger partial charge is 0.508 e. The molecule has 0 heterocycles. The summed E-state index contributed by atoms with van der Waals surface area (Å²) < 4.78 is 0. The summed E-state index contributed by atoms with van der Waals surface area (Å²) in [5.74, 6) is -1.00. The van der Waals surface area contributed by atoms with Gasteiger partial charge in [0, 0.05) is 0 Å². The van der Waals surface area contributed by atoms with Crippen LogP contribution in [0.1, 0.15) is 10.4 Å². The van der Waals surface area contributed by atoms with Crippen LogP contribution in [0.2, 0.25) is 10.0 Å². The Hall–Kier alpha value is -1.91. The van der Waals surface area contributed by atoms with Crippen LogP contribution >= 0.6 is 23.2 Å². The number of aromatic hydroxyl groups is 2. The number of carbonyl (C=O) groups is 1. The molecule has 0 saturated heterocycles. The van der Waals surface area contributed by atoms with E-state index in [1.165, 1.54) is 12.1 Å². The third-order valence-electron chi connectivity index (χ3n) is 2.43. The second kappa shape index (κ2) is 5.38. The number of anilines is 1. The summed E-state index contributed by atoms with van der Waals surface area (Å²) in [5.41, 5.74) is 0.176. The van der Waals surface area contributed by atoms with Gasteiger partial charge in [-0.3, -0.25) is 4.79 Å². The van der Waals surface area contributed by atoms with E-state index < -0.39 is 5.91 Å². The summed E-state index contributed by atoms with van der Waals surface area (Å²) in [7, 11) is 0. The second-order valence-electron chi connectivity index (χ2n) is 3.75. The van der Waals surface area contributed by atoms with Crippen LogP contribution in [0, 0.1) is 0 Å². The van der Waals surface area contributed by atoms with Crippen LogP contribution in [-0.4, -0.2) is 16.1 Å². The van der Waals surface area contributed by atoms with Crippen molar-refractivity contribution >= 4 is 34.8 Å². The maximum Gasteiger partial charge on any atom is 0.259 e. The lowest BCUT2D eigenvalue weighted by molar-refractivity contribution is 0.102. The van der Waals surface area contributed by atoms with Crippen LogP contribution in [0.4, 0.5) is 5.69 Å². The predicted molar refractivity (Wildman–Crippen MR) is 74.2 cm³/mol. The van der Waals surface area contributed by atoms with Gasteiger partial charge in [0.25, 0.3) is 5.91 Å². The summed E-state index contributed by atoms with van der Waals surface area (Å²) in [5, 5.41) is 21.9. The Balaban J connectivity index is 2.34. The van der Waals surface area contributed by atoms with Crippen molar-refractivity contribution in [1.29, 1.82) is 0 Å². The number of phenolic OH excluding ortho intramolecular Hbond substituents is 2. The van der Waals surface area contributed by atoms with Gasteiger partial charge in [0.2, 0.25) is 0 Å². The fourth-order valence-corrected chi connectivity index (χ4v) is 2.00. The van der Waals surface area contributed by atoms with Gasteiger partial charge in [-0.25, -0.2) is 0 Å². The van der Waals surface area contributed by atoms with Crippen LogP contribution in [0.3, 0.4) is 0 Å². The van der Waals surface area contributed by atoms with E-state index >= 15 is 0 Å². The van der Waals surface area contributed by atoms with E-state index in [1.54, 1.807) is 18.2 Å². The average Bonchev–Trinajstić information content (AvgIpc) is 2.37. The molecule has 0 aliphatic carbocycles. The fraction of sp³-hybridized carbons (Fsp3) is 0. The number of benzene rings is 2. The maximum absolute atomic E-state index is 12.0. The summed E-state index contributed by atoms with van der Waals surface area (Å²) in [6.07, 6.45) is 0. The summed E-state index contributed by atoms with van der Waals surface area (Å²) in [6.45, 7) is 0. The first-order chi connectivity index (χ1) is 8.99. The zero-order chi connectivity index (χ0) is 14.0. The van der Waals surface area contributed by atoms with Gasteiger partial charge in [0.05, 0.1) is 21.3 Å². The SMILES string of the molecule is O=C(Nc1c(Cl)cccc1Cl)c1cc(O)ccc1O. The van der Waals surface area contributed by atoms with Gasteiger partial charge < -0.3 is 15.5 Å². The zero-order valence-corrected chi connectivity index (χ0v) is 11.0. The quantitative estimate of drug-likeness (QED) is 0.741. The molecule has 0 radical (unpaired) electrons. The van der Waals surface area contributed by atoms with Crippen LogP contribution in [0.15, 0.2) is 36.4 Å². The van der Waals surface area contributed by atoms with Gasteiger partial charge in [0.1, 0.15) is 11.5 Å². The molecular formula is C13H9Cl2NO3. The highest BCUT2D eigenvalue weighted by atomic mass is 35.5. The molecule has 0 aliphatic rings. The van der Waals surface area contributed by atoms with Gasteiger partial charge >= 0.3 is 0 Å². The third kappa shape index (κ3) is 2.92. The van der Waals surface area contributed by atoms with Crippen LogP contribution in [-0.2, 0) is 0 Å². The molecule has 0 unspecified atom stereocenters. The van der Waals surface area contributed by atoms with E-state index in [2.05, 4.69) is 5.32 Å². The highest BCUT2D eigenvalue weighted by Crippen LogP contribution is 2.31. The van der Waals surface area contributed by atoms with Crippen LogP contribution in [0.25, 0.3) is 0 Å². The minimum atomic E-state index is -0.622. The van der Waals surface area contributed by atoms with Crippen molar-refractivity contribution in [2.75, 3.05) is 5.32 Å². The summed E-state index contributed by atoms with van der Waals surface area (Å²) in [4.78, 5) is 12.0. The second-order valence-corrected chi connectivity index (χ2v) is 4.57. The molecule has 0 atom stereocenters. The smallest absolute Gasteiger partial charge is 0.259 e. The molecule has 2 rings (SSSR count). The Morgan fingerprint density at radius 2 is 1.68 bits per heavy atom. The Morgan fingerprint density at radius 1 is 1.05 bits per heavy atom. The molecule has 0 fully saturated rings. The molecule has 4 nitrogen and oxygen atoms in total. The van der Waals surface area contributed by atoms with Gasteiger partial charge in [-0.2, -0.15) is 0 Å². The third-order valence-corrected chi connectivity index (χ3v) is 3.06. The number of rotatable bonds is 2. The minimum absolute atomic E-state index is 0.0732. The first kappa shape index (κ1) is 13.5. The molecule has 0 spiro atoms. The molecule has 0 aliphatic heterocycles. The van der Waals surface area contributed by atoms with Crippen molar-refractivity contribution < 1.29 is 15.0 Å². The number of carbonyl (C=O) groups excluding carboxylic acids is 1. The normalized spacial score (nSPS) is 10.2. The highest BCUT2D eigenvalue weighted by Gasteiger charge is 2.15. The van der Waals surface area contributed by atoms with E-state index in [-0.39, 0.29) is 32.8 Å². The lowest BCUT2D eigenvalue weighted by Gasteiger charge is -2.10. The molecule has 3 N–H and O–H groups in total. The molecule has 98 valence electrons. The lowest BCUT2D eigenvalue weighted by atomic mass is 10.1. The van der Waals surface area contributed by atoms with E-state index in [0.717, 1.165) is 6.07 Å².